The zero-order chi connectivity index (χ0) is 7.84. The summed E-state index contributed by atoms with van der Waals surface area (Å²) in [6.07, 6.45) is 5.27. The van der Waals surface area contributed by atoms with Gasteiger partial charge in [0.05, 0.1) is 10.2 Å². The molecule has 0 saturated carbocycles. The van der Waals surface area contributed by atoms with Crippen molar-refractivity contribution in [2.24, 2.45) is 7.05 Å². The lowest BCUT2D eigenvalue weighted by molar-refractivity contribution is 0.792. The summed E-state index contributed by atoms with van der Waals surface area (Å²) in [6, 6.07) is 2.02. The number of rotatable bonds is 0. The average molecular weight is 162 g/mol. The number of aromatic nitrogens is 2. The summed E-state index contributed by atoms with van der Waals surface area (Å²) in [5.41, 5.74) is 1.86. The maximum atomic E-state index is 5.27. The second-order valence-corrected chi connectivity index (χ2v) is 3.17. The van der Waals surface area contributed by atoms with Gasteiger partial charge >= 0.3 is 0 Å². The predicted molar refractivity (Wildman–Crippen MR) is 46.5 cm³/mol. The van der Waals surface area contributed by atoms with Gasteiger partial charge < -0.3 is 0 Å². The van der Waals surface area contributed by atoms with Gasteiger partial charge in [-0.15, -0.1) is 17.8 Å². The van der Waals surface area contributed by atoms with Crippen LogP contribution in [0, 0.1) is 12.3 Å². The third-order valence-corrected chi connectivity index (χ3v) is 2.51. The van der Waals surface area contributed by atoms with Crippen LogP contribution in [0.3, 0.4) is 0 Å². The van der Waals surface area contributed by atoms with E-state index in [2.05, 4.69) is 11.0 Å². The highest BCUT2D eigenvalue weighted by Crippen LogP contribution is 2.22. The van der Waals surface area contributed by atoms with E-state index < -0.39 is 0 Å². The highest BCUT2D eigenvalue weighted by molar-refractivity contribution is 7.17. The quantitative estimate of drug-likeness (QED) is 0.538. The summed E-state index contributed by atoms with van der Waals surface area (Å²) in [6.45, 7) is 0. The molecule has 0 unspecified atom stereocenters. The van der Waals surface area contributed by atoms with Gasteiger partial charge in [0.25, 0.3) is 0 Å². The van der Waals surface area contributed by atoms with Crippen LogP contribution in [0.2, 0.25) is 0 Å². The van der Waals surface area contributed by atoms with Crippen molar-refractivity contribution < 1.29 is 0 Å². The Labute approximate surface area is 68.5 Å². The topological polar surface area (TPSA) is 17.8 Å². The minimum Gasteiger partial charge on any atom is -0.266 e. The number of hydrogen-bond acceptors (Lipinski definition) is 2. The minimum absolute atomic E-state index is 0.748. The van der Waals surface area contributed by atoms with Crippen molar-refractivity contribution in [2.45, 2.75) is 0 Å². The molecule has 2 aromatic rings. The van der Waals surface area contributed by atoms with E-state index in [-0.39, 0.29) is 0 Å². The van der Waals surface area contributed by atoms with E-state index in [1.807, 2.05) is 18.5 Å². The fraction of sp³-hybridized carbons (Fsp3) is 0.125. The van der Waals surface area contributed by atoms with E-state index in [1.165, 1.54) is 0 Å². The second kappa shape index (κ2) is 2.11. The molecule has 11 heavy (non-hydrogen) atoms. The number of terminal acetylenes is 1. The third kappa shape index (κ3) is 0.765. The van der Waals surface area contributed by atoms with Gasteiger partial charge in [0.15, 0.2) is 5.69 Å². The molecule has 0 N–H and O–H groups in total. The van der Waals surface area contributed by atoms with Crippen molar-refractivity contribution >= 4 is 21.6 Å². The Hall–Kier alpha value is -1.27. The summed E-state index contributed by atoms with van der Waals surface area (Å²) in [4.78, 5) is 0. The Morgan fingerprint density at radius 1 is 1.73 bits per heavy atom. The lowest BCUT2D eigenvalue weighted by atomic mass is 10.4. The van der Waals surface area contributed by atoms with Gasteiger partial charge in [0.1, 0.15) is 0 Å². The molecule has 0 radical (unpaired) electrons. The maximum absolute atomic E-state index is 5.27. The molecule has 0 atom stereocenters. The molecule has 0 saturated heterocycles. The van der Waals surface area contributed by atoms with E-state index in [4.69, 9.17) is 6.42 Å². The number of nitrogens with zero attached hydrogens (tertiary/aromatic N) is 2. The average Bonchev–Trinajstić information content (AvgIpc) is 2.54. The van der Waals surface area contributed by atoms with Crippen LogP contribution < -0.4 is 0 Å². The molecule has 0 aliphatic carbocycles. The fourth-order valence-electron chi connectivity index (χ4n) is 1.08. The van der Waals surface area contributed by atoms with Crippen molar-refractivity contribution in [3.8, 4) is 12.3 Å². The van der Waals surface area contributed by atoms with Crippen molar-refractivity contribution in [3.63, 3.8) is 0 Å². The molecular weight excluding hydrogens is 156 g/mol. The van der Waals surface area contributed by atoms with Crippen LogP contribution in [0.15, 0.2) is 11.4 Å². The Balaban J connectivity index is 2.94. The van der Waals surface area contributed by atoms with E-state index in [9.17, 15) is 0 Å². The molecule has 2 nitrogen and oxygen atoms in total. The molecule has 0 amide bonds. The van der Waals surface area contributed by atoms with Crippen LogP contribution in [0.1, 0.15) is 5.69 Å². The summed E-state index contributed by atoms with van der Waals surface area (Å²) < 4.78 is 2.91. The van der Waals surface area contributed by atoms with Crippen molar-refractivity contribution in [1.29, 1.82) is 0 Å². The molecule has 0 aliphatic heterocycles. The summed E-state index contributed by atoms with van der Waals surface area (Å²) >= 11 is 1.63. The fourth-order valence-corrected chi connectivity index (χ4v) is 1.94. The van der Waals surface area contributed by atoms with E-state index in [0.717, 1.165) is 15.9 Å². The molecular formula is C8H6N2S. The standard InChI is InChI=1S/C8H6N2S/c1-3-6-8-7(4-5-11-8)10(2)9-6/h1,4-5H,2H3. The Morgan fingerprint density at radius 2 is 2.55 bits per heavy atom. The van der Waals surface area contributed by atoms with Crippen LogP contribution in [0.25, 0.3) is 10.2 Å². The molecule has 0 spiro atoms. The van der Waals surface area contributed by atoms with Crippen LogP contribution >= 0.6 is 11.3 Å². The number of fused-ring (bicyclic) bond motifs is 1. The Bertz CT molecular complexity index is 430. The molecule has 2 aromatic heterocycles. The first-order chi connectivity index (χ1) is 5.33. The minimum atomic E-state index is 0.748. The highest BCUT2D eigenvalue weighted by atomic mass is 32.1. The number of hydrogen-bond donors (Lipinski definition) is 0. The third-order valence-electron chi connectivity index (χ3n) is 1.59. The SMILES string of the molecule is C#Cc1nn(C)c2ccsc12. The van der Waals surface area contributed by atoms with E-state index in [1.54, 1.807) is 16.0 Å². The summed E-state index contributed by atoms with van der Waals surface area (Å²) in [7, 11) is 1.90. The van der Waals surface area contributed by atoms with Gasteiger partial charge in [-0.2, -0.15) is 5.10 Å². The van der Waals surface area contributed by atoms with Gasteiger partial charge in [-0.3, -0.25) is 4.68 Å². The molecule has 0 aromatic carbocycles. The van der Waals surface area contributed by atoms with Crippen LogP contribution in [0.4, 0.5) is 0 Å². The largest absolute Gasteiger partial charge is 0.266 e. The van der Waals surface area contributed by atoms with Gasteiger partial charge in [-0.1, -0.05) is 0 Å². The van der Waals surface area contributed by atoms with E-state index in [0.29, 0.717) is 0 Å². The predicted octanol–water partition coefficient (Wildman–Crippen LogP) is 1.62. The molecule has 3 heteroatoms. The molecule has 2 heterocycles. The lowest BCUT2D eigenvalue weighted by Gasteiger charge is -1.84. The molecule has 0 bridgehead atoms. The first-order valence-electron chi connectivity index (χ1n) is 3.19. The van der Waals surface area contributed by atoms with Gasteiger partial charge in [0, 0.05) is 7.05 Å². The zero-order valence-electron chi connectivity index (χ0n) is 6.03. The Kier molecular flexibility index (Phi) is 1.23. The van der Waals surface area contributed by atoms with Crippen molar-refractivity contribution in [2.75, 3.05) is 0 Å². The van der Waals surface area contributed by atoms with Crippen LogP contribution in [-0.4, -0.2) is 9.78 Å². The number of thiophene rings is 1. The first-order valence-corrected chi connectivity index (χ1v) is 4.07. The molecule has 54 valence electrons. The van der Waals surface area contributed by atoms with Crippen molar-refractivity contribution in [3.05, 3.63) is 17.1 Å². The van der Waals surface area contributed by atoms with Gasteiger partial charge in [0.2, 0.25) is 0 Å². The zero-order valence-corrected chi connectivity index (χ0v) is 6.85. The normalized spacial score (nSPS) is 10.2. The number of aryl methyl sites for hydroxylation is 1. The maximum Gasteiger partial charge on any atom is 0.152 e. The smallest absolute Gasteiger partial charge is 0.152 e. The van der Waals surface area contributed by atoms with Crippen LogP contribution in [-0.2, 0) is 7.05 Å². The first kappa shape index (κ1) is 6.44. The van der Waals surface area contributed by atoms with Crippen molar-refractivity contribution in [1.82, 2.24) is 9.78 Å². The molecule has 0 aliphatic rings. The van der Waals surface area contributed by atoms with Gasteiger partial charge in [-0.05, 0) is 17.4 Å². The monoisotopic (exact) mass is 162 g/mol. The highest BCUT2D eigenvalue weighted by Gasteiger charge is 2.05. The van der Waals surface area contributed by atoms with Crippen LogP contribution in [0.5, 0.6) is 0 Å². The summed E-state index contributed by atoms with van der Waals surface area (Å²) in [5.74, 6) is 2.56. The van der Waals surface area contributed by atoms with Gasteiger partial charge in [-0.25, -0.2) is 0 Å². The molecule has 0 fully saturated rings. The lowest BCUT2D eigenvalue weighted by Crippen LogP contribution is -1.88. The molecule has 2 rings (SSSR count). The summed E-state index contributed by atoms with van der Waals surface area (Å²) in [5, 5.41) is 6.18. The Morgan fingerprint density at radius 3 is 3.27 bits per heavy atom. The second-order valence-electron chi connectivity index (χ2n) is 2.25. The van der Waals surface area contributed by atoms with E-state index >= 15 is 0 Å².